The Hall–Kier alpha value is -0.940. The fourth-order valence-corrected chi connectivity index (χ4v) is 2.07. The van der Waals surface area contributed by atoms with Gasteiger partial charge >= 0.3 is 5.97 Å². The van der Waals surface area contributed by atoms with Gasteiger partial charge in [-0.25, -0.2) is 4.98 Å². The van der Waals surface area contributed by atoms with Crippen LogP contribution >= 0.6 is 11.3 Å². The van der Waals surface area contributed by atoms with E-state index in [-0.39, 0.29) is 6.54 Å². The van der Waals surface area contributed by atoms with E-state index >= 15 is 0 Å². The Balaban J connectivity index is 1.93. The van der Waals surface area contributed by atoms with Crippen molar-refractivity contribution in [3.8, 4) is 0 Å². The van der Waals surface area contributed by atoms with Crippen LogP contribution in [0.5, 0.6) is 0 Å². The molecular formula is C9H12N2O2S. The number of aromatic nitrogens is 1. The molecule has 0 radical (unpaired) electrons. The van der Waals surface area contributed by atoms with E-state index < -0.39 is 5.97 Å². The minimum atomic E-state index is -0.756. The zero-order chi connectivity index (χ0) is 9.97. The zero-order valence-electron chi connectivity index (χ0n) is 7.72. The molecule has 1 saturated carbocycles. The van der Waals surface area contributed by atoms with Gasteiger partial charge in [0.15, 0.2) is 0 Å². The van der Waals surface area contributed by atoms with Gasteiger partial charge in [0.25, 0.3) is 0 Å². The first kappa shape index (κ1) is 9.61. The Morgan fingerprint density at radius 1 is 1.71 bits per heavy atom. The normalized spacial score (nSPS) is 16.1. The molecule has 1 aromatic heterocycles. The SMILES string of the molecule is O=C(O)CN(Cc1nccs1)C1CC1. The quantitative estimate of drug-likeness (QED) is 0.796. The molecule has 0 spiro atoms. The summed E-state index contributed by atoms with van der Waals surface area (Å²) in [6.07, 6.45) is 4.00. The van der Waals surface area contributed by atoms with Gasteiger partial charge in [-0.3, -0.25) is 9.69 Å². The third kappa shape index (κ3) is 2.52. The van der Waals surface area contributed by atoms with E-state index in [1.54, 1.807) is 17.5 Å². The van der Waals surface area contributed by atoms with Crippen LogP contribution in [-0.4, -0.2) is 33.5 Å². The molecule has 0 aromatic carbocycles. The summed E-state index contributed by atoms with van der Waals surface area (Å²) >= 11 is 1.58. The Labute approximate surface area is 86.2 Å². The molecule has 0 unspecified atom stereocenters. The van der Waals surface area contributed by atoms with Crippen LogP contribution in [0.4, 0.5) is 0 Å². The Morgan fingerprint density at radius 2 is 2.50 bits per heavy atom. The number of carboxylic acids is 1. The van der Waals surface area contributed by atoms with Gasteiger partial charge in [-0.1, -0.05) is 0 Å². The number of carboxylic acid groups (broad SMARTS) is 1. The average Bonchev–Trinajstić information content (AvgIpc) is 2.85. The van der Waals surface area contributed by atoms with E-state index in [0.717, 1.165) is 17.8 Å². The molecule has 0 saturated heterocycles. The minimum Gasteiger partial charge on any atom is -0.480 e. The van der Waals surface area contributed by atoms with Crippen molar-refractivity contribution >= 4 is 17.3 Å². The standard InChI is InChI=1S/C9H12N2O2S/c12-9(13)6-11(7-1-2-7)5-8-10-3-4-14-8/h3-4,7H,1-2,5-6H2,(H,12,13). The number of thiazole rings is 1. The maximum atomic E-state index is 10.6. The maximum absolute atomic E-state index is 10.6. The van der Waals surface area contributed by atoms with Crippen molar-refractivity contribution in [2.45, 2.75) is 25.4 Å². The van der Waals surface area contributed by atoms with E-state index in [4.69, 9.17) is 5.11 Å². The number of hydrogen-bond acceptors (Lipinski definition) is 4. The van der Waals surface area contributed by atoms with Crippen LogP contribution in [0.1, 0.15) is 17.8 Å². The molecule has 4 nitrogen and oxygen atoms in total. The van der Waals surface area contributed by atoms with Gasteiger partial charge in [0.1, 0.15) is 5.01 Å². The van der Waals surface area contributed by atoms with E-state index in [1.807, 2.05) is 10.3 Å². The fourth-order valence-electron chi connectivity index (χ4n) is 1.43. The molecule has 1 heterocycles. The third-order valence-electron chi connectivity index (χ3n) is 2.22. The summed E-state index contributed by atoms with van der Waals surface area (Å²) < 4.78 is 0. The molecule has 1 aliphatic carbocycles. The van der Waals surface area contributed by atoms with Gasteiger partial charge in [0.05, 0.1) is 13.1 Å². The van der Waals surface area contributed by atoms with Crippen LogP contribution in [0.2, 0.25) is 0 Å². The Morgan fingerprint density at radius 3 is 3.00 bits per heavy atom. The summed E-state index contributed by atoms with van der Waals surface area (Å²) in [5, 5.41) is 11.6. The minimum absolute atomic E-state index is 0.129. The lowest BCUT2D eigenvalue weighted by molar-refractivity contribution is -0.138. The second-order valence-corrected chi connectivity index (χ2v) is 4.43. The second-order valence-electron chi connectivity index (χ2n) is 3.46. The maximum Gasteiger partial charge on any atom is 0.317 e. The van der Waals surface area contributed by atoms with Crippen LogP contribution in [0.3, 0.4) is 0 Å². The van der Waals surface area contributed by atoms with E-state index in [9.17, 15) is 4.79 Å². The van der Waals surface area contributed by atoms with Crippen LogP contribution in [0, 0.1) is 0 Å². The first-order chi connectivity index (χ1) is 6.75. The smallest absolute Gasteiger partial charge is 0.317 e. The van der Waals surface area contributed by atoms with Crippen molar-refractivity contribution in [1.29, 1.82) is 0 Å². The Bertz CT molecular complexity index is 309. The molecule has 1 N–H and O–H groups in total. The van der Waals surface area contributed by atoms with Crippen LogP contribution in [0.15, 0.2) is 11.6 Å². The largest absolute Gasteiger partial charge is 0.480 e. The lowest BCUT2D eigenvalue weighted by Crippen LogP contribution is -2.31. The van der Waals surface area contributed by atoms with Crippen molar-refractivity contribution in [3.63, 3.8) is 0 Å². The summed E-state index contributed by atoms with van der Waals surface area (Å²) in [5.74, 6) is -0.756. The molecule has 0 amide bonds. The number of rotatable bonds is 5. The highest BCUT2D eigenvalue weighted by Crippen LogP contribution is 2.28. The summed E-state index contributed by atoms with van der Waals surface area (Å²) in [6.45, 7) is 0.804. The van der Waals surface area contributed by atoms with Crippen molar-refractivity contribution in [1.82, 2.24) is 9.88 Å². The highest BCUT2D eigenvalue weighted by atomic mass is 32.1. The van der Waals surface area contributed by atoms with Crippen LogP contribution in [0.25, 0.3) is 0 Å². The lowest BCUT2D eigenvalue weighted by atomic mass is 10.4. The molecule has 1 fully saturated rings. The van der Waals surface area contributed by atoms with E-state index in [1.165, 1.54) is 0 Å². The van der Waals surface area contributed by atoms with Crippen LogP contribution in [-0.2, 0) is 11.3 Å². The summed E-state index contributed by atoms with van der Waals surface area (Å²) in [6, 6.07) is 0.468. The molecule has 1 aliphatic rings. The molecule has 5 heteroatoms. The molecule has 76 valence electrons. The van der Waals surface area contributed by atoms with Crippen molar-refractivity contribution in [2.75, 3.05) is 6.54 Å². The number of nitrogens with zero attached hydrogens (tertiary/aromatic N) is 2. The number of carbonyl (C=O) groups is 1. The summed E-state index contributed by atoms with van der Waals surface area (Å²) in [7, 11) is 0. The summed E-state index contributed by atoms with van der Waals surface area (Å²) in [5.41, 5.74) is 0. The van der Waals surface area contributed by atoms with Crippen molar-refractivity contribution < 1.29 is 9.90 Å². The topological polar surface area (TPSA) is 53.4 Å². The van der Waals surface area contributed by atoms with Gasteiger partial charge < -0.3 is 5.11 Å². The number of hydrogen-bond donors (Lipinski definition) is 1. The van der Waals surface area contributed by atoms with Gasteiger partial charge in [0.2, 0.25) is 0 Å². The average molecular weight is 212 g/mol. The molecule has 0 atom stereocenters. The molecule has 0 bridgehead atoms. The fraction of sp³-hybridized carbons (Fsp3) is 0.556. The second kappa shape index (κ2) is 4.06. The first-order valence-corrected chi connectivity index (χ1v) is 5.48. The highest BCUT2D eigenvalue weighted by Gasteiger charge is 2.30. The van der Waals surface area contributed by atoms with E-state index in [0.29, 0.717) is 12.6 Å². The summed E-state index contributed by atoms with van der Waals surface area (Å²) in [4.78, 5) is 16.8. The molecule has 2 rings (SSSR count). The van der Waals surface area contributed by atoms with Crippen LogP contribution < -0.4 is 0 Å². The predicted octanol–water partition coefficient (Wildman–Crippen LogP) is 1.19. The van der Waals surface area contributed by atoms with Crippen molar-refractivity contribution in [3.05, 3.63) is 16.6 Å². The zero-order valence-corrected chi connectivity index (χ0v) is 8.54. The lowest BCUT2D eigenvalue weighted by Gasteiger charge is -2.17. The van der Waals surface area contributed by atoms with Crippen molar-refractivity contribution in [2.24, 2.45) is 0 Å². The van der Waals surface area contributed by atoms with Gasteiger partial charge in [-0.05, 0) is 12.8 Å². The molecule has 14 heavy (non-hydrogen) atoms. The third-order valence-corrected chi connectivity index (χ3v) is 2.99. The van der Waals surface area contributed by atoms with Gasteiger partial charge in [0, 0.05) is 17.6 Å². The predicted molar refractivity (Wildman–Crippen MR) is 53.2 cm³/mol. The van der Waals surface area contributed by atoms with Gasteiger partial charge in [-0.15, -0.1) is 11.3 Å². The monoisotopic (exact) mass is 212 g/mol. The Kier molecular flexibility index (Phi) is 2.79. The van der Waals surface area contributed by atoms with Gasteiger partial charge in [-0.2, -0.15) is 0 Å². The molecular weight excluding hydrogens is 200 g/mol. The first-order valence-electron chi connectivity index (χ1n) is 4.60. The van der Waals surface area contributed by atoms with E-state index in [2.05, 4.69) is 4.98 Å². The molecule has 0 aliphatic heterocycles. The highest BCUT2D eigenvalue weighted by molar-refractivity contribution is 7.09. The number of aliphatic carboxylic acids is 1. The molecule has 1 aromatic rings.